The van der Waals surface area contributed by atoms with Crippen LogP contribution in [-0.2, 0) is 18.3 Å². The Labute approximate surface area is 126 Å². The Bertz CT molecular complexity index is 480. The minimum absolute atomic E-state index is 0.210. The van der Waals surface area contributed by atoms with Gasteiger partial charge in [0.1, 0.15) is 0 Å². The first-order chi connectivity index (χ1) is 10.2. The Morgan fingerprint density at radius 2 is 2.10 bits per heavy atom. The van der Waals surface area contributed by atoms with Crippen molar-refractivity contribution in [2.45, 2.75) is 32.1 Å². The van der Waals surface area contributed by atoms with Gasteiger partial charge in [-0.1, -0.05) is 11.6 Å². The third kappa shape index (κ3) is 3.61. The molecule has 116 valence electrons. The van der Waals surface area contributed by atoms with Gasteiger partial charge in [0.2, 0.25) is 5.91 Å². The Hall–Kier alpha value is -1.43. The summed E-state index contributed by atoms with van der Waals surface area (Å²) in [6, 6.07) is 0. The van der Waals surface area contributed by atoms with E-state index in [1.807, 2.05) is 11.9 Å². The molecule has 21 heavy (non-hydrogen) atoms. The van der Waals surface area contributed by atoms with Crippen LogP contribution in [0.5, 0.6) is 0 Å². The molecule has 0 aromatic carbocycles. The summed E-state index contributed by atoms with van der Waals surface area (Å²) in [4.78, 5) is 16.9. The Kier molecular flexibility index (Phi) is 4.53. The molecule has 3 heterocycles. The van der Waals surface area contributed by atoms with Crippen molar-refractivity contribution in [3.8, 4) is 0 Å². The monoisotopic (exact) mass is 291 g/mol. The molecule has 1 atom stereocenters. The molecule has 2 aliphatic rings. The summed E-state index contributed by atoms with van der Waals surface area (Å²) in [6.07, 6.45) is 7.29. The summed E-state index contributed by atoms with van der Waals surface area (Å²) in [5, 5.41) is 7.71. The second kappa shape index (κ2) is 6.56. The van der Waals surface area contributed by atoms with E-state index < -0.39 is 0 Å². The van der Waals surface area contributed by atoms with Crippen LogP contribution >= 0.6 is 0 Å². The van der Waals surface area contributed by atoms with E-state index in [1.54, 1.807) is 10.9 Å². The molecule has 2 fully saturated rings. The van der Waals surface area contributed by atoms with Crippen molar-refractivity contribution in [1.29, 1.82) is 0 Å². The van der Waals surface area contributed by atoms with Crippen molar-refractivity contribution >= 4 is 5.91 Å². The highest BCUT2D eigenvalue weighted by molar-refractivity contribution is 5.78. The maximum Gasteiger partial charge on any atom is 0.228 e. The van der Waals surface area contributed by atoms with Crippen molar-refractivity contribution in [3.63, 3.8) is 0 Å². The molecule has 1 aromatic heterocycles. The topological polar surface area (TPSA) is 54.3 Å². The van der Waals surface area contributed by atoms with Crippen molar-refractivity contribution < 1.29 is 4.79 Å². The van der Waals surface area contributed by atoms with Gasteiger partial charge in [-0.25, -0.2) is 0 Å². The van der Waals surface area contributed by atoms with Gasteiger partial charge < -0.3 is 9.80 Å². The first kappa shape index (κ1) is 14.5. The molecule has 1 aromatic rings. The number of carbonyl (C=O) groups is 1. The van der Waals surface area contributed by atoms with Gasteiger partial charge in [0.15, 0.2) is 0 Å². The first-order valence-electron chi connectivity index (χ1n) is 8.06. The Morgan fingerprint density at radius 3 is 2.81 bits per heavy atom. The molecule has 1 amide bonds. The highest BCUT2D eigenvalue weighted by Crippen LogP contribution is 2.20. The maximum atomic E-state index is 12.3. The fourth-order valence-corrected chi connectivity index (χ4v) is 3.45. The van der Waals surface area contributed by atoms with Gasteiger partial charge in [0.25, 0.3) is 0 Å². The van der Waals surface area contributed by atoms with Crippen molar-refractivity contribution in [3.05, 3.63) is 11.9 Å². The summed E-state index contributed by atoms with van der Waals surface area (Å²) in [5.74, 6) is 0.859. The third-order valence-electron chi connectivity index (χ3n) is 4.74. The van der Waals surface area contributed by atoms with Crippen LogP contribution in [0.3, 0.4) is 0 Å². The van der Waals surface area contributed by atoms with E-state index in [1.165, 1.54) is 32.4 Å². The number of amides is 1. The number of likely N-dealkylation sites (tertiary alicyclic amines) is 2. The van der Waals surface area contributed by atoms with Crippen LogP contribution in [0.2, 0.25) is 0 Å². The number of rotatable bonds is 4. The standard InChI is InChI=1S/C15H25N5O/c1-18-14(10-16-17-18)9-15(21)20-8-5-13(12-20)11-19-6-3-2-4-7-19/h10,13H,2-9,11-12H2,1H3. The molecule has 2 saturated heterocycles. The zero-order valence-corrected chi connectivity index (χ0v) is 12.9. The van der Waals surface area contributed by atoms with Gasteiger partial charge in [-0.05, 0) is 38.3 Å². The lowest BCUT2D eigenvalue weighted by atomic mass is 10.1. The molecule has 0 N–H and O–H groups in total. The smallest absolute Gasteiger partial charge is 0.228 e. The molecule has 2 aliphatic heterocycles. The molecule has 0 aliphatic carbocycles. The molecule has 6 nitrogen and oxygen atoms in total. The number of hydrogen-bond acceptors (Lipinski definition) is 4. The molecule has 0 saturated carbocycles. The maximum absolute atomic E-state index is 12.3. The third-order valence-corrected chi connectivity index (χ3v) is 4.74. The van der Waals surface area contributed by atoms with E-state index in [4.69, 9.17) is 0 Å². The van der Waals surface area contributed by atoms with Crippen LogP contribution in [0.4, 0.5) is 0 Å². The van der Waals surface area contributed by atoms with Crippen molar-refractivity contribution in [1.82, 2.24) is 24.8 Å². The number of carbonyl (C=O) groups excluding carboxylic acids is 1. The average Bonchev–Trinajstić information content (AvgIpc) is 3.10. The highest BCUT2D eigenvalue weighted by atomic mass is 16.2. The largest absolute Gasteiger partial charge is 0.342 e. The van der Waals surface area contributed by atoms with E-state index in [9.17, 15) is 4.79 Å². The van der Waals surface area contributed by atoms with Gasteiger partial charge in [0, 0.05) is 26.7 Å². The highest BCUT2D eigenvalue weighted by Gasteiger charge is 2.28. The molecule has 0 radical (unpaired) electrons. The fraction of sp³-hybridized carbons (Fsp3) is 0.800. The molecule has 1 unspecified atom stereocenters. The Morgan fingerprint density at radius 1 is 1.29 bits per heavy atom. The van der Waals surface area contributed by atoms with E-state index >= 15 is 0 Å². The zero-order chi connectivity index (χ0) is 14.7. The predicted molar refractivity (Wildman–Crippen MR) is 79.7 cm³/mol. The SMILES string of the molecule is Cn1nncc1CC(=O)N1CCC(CN2CCCCC2)C1. The lowest BCUT2D eigenvalue weighted by molar-refractivity contribution is -0.129. The summed E-state index contributed by atoms with van der Waals surface area (Å²) < 4.78 is 1.68. The molecular weight excluding hydrogens is 266 g/mol. The van der Waals surface area contributed by atoms with Gasteiger partial charge in [-0.15, -0.1) is 5.10 Å². The van der Waals surface area contributed by atoms with Crippen LogP contribution in [0, 0.1) is 5.92 Å². The molecule has 0 bridgehead atoms. The van der Waals surface area contributed by atoms with Crippen LogP contribution in [0.25, 0.3) is 0 Å². The summed E-state index contributed by atoms with van der Waals surface area (Å²) in [5.41, 5.74) is 0.888. The van der Waals surface area contributed by atoms with Crippen LogP contribution < -0.4 is 0 Å². The molecule has 6 heteroatoms. The lowest BCUT2D eigenvalue weighted by Gasteiger charge is -2.29. The van der Waals surface area contributed by atoms with Crippen molar-refractivity contribution in [2.24, 2.45) is 13.0 Å². The van der Waals surface area contributed by atoms with Crippen molar-refractivity contribution in [2.75, 3.05) is 32.7 Å². The van der Waals surface area contributed by atoms with E-state index in [-0.39, 0.29) is 5.91 Å². The summed E-state index contributed by atoms with van der Waals surface area (Å²) in [6.45, 7) is 5.47. The van der Waals surface area contributed by atoms with Gasteiger partial charge in [0.05, 0.1) is 18.3 Å². The van der Waals surface area contributed by atoms with E-state index in [2.05, 4.69) is 15.2 Å². The minimum atomic E-state index is 0.210. The van der Waals surface area contributed by atoms with Gasteiger partial charge in [-0.2, -0.15) is 0 Å². The molecule has 0 spiro atoms. The predicted octanol–water partition coefficient (Wildman–Crippen LogP) is 0.692. The fourth-order valence-electron chi connectivity index (χ4n) is 3.45. The lowest BCUT2D eigenvalue weighted by Crippen LogP contribution is -2.36. The molecular formula is C15H25N5O. The second-order valence-electron chi connectivity index (χ2n) is 6.38. The van der Waals surface area contributed by atoms with Gasteiger partial charge >= 0.3 is 0 Å². The normalized spacial score (nSPS) is 23.7. The quantitative estimate of drug-likeness (QED) is 0.819. The van der Waals surface area contributed by atoms with Gasteiger partial charge in [-0.3, -0.25) is 9.48 Å². The number of piperidine rings is 1. The number of aromatic nitrogens is 3. The summed E-state index contributed by atoms with van der Waals surface area (Å²) >= 11 is 0. The van der Waals surface area contributed by atoms with Crippen LogP contribution in [0.1, 0.15) is 31.4 Å². The van der Waals surface area contributed by atoms with Crippen LogP contribution in [-0.4, -0.2) is 63.4 Å². The van der Waals surface area contributed by atoms with E-state index in [0.29, 0.717) is 12.3 Å². The molecule has 3 rings (SSSR count). The number of nitrogens with zero attached hydrogens (tertiary/aromatic N) is 5. The number of aryl methyl sites for hydroxylation is 1. The summed E-state index contributed by atoms with van der Waals surface area (Å²) in [7, 11) is 1.83. The van der Waals surface area contributed by atoms with Crippen LogP contribution in [0.15, 0.2) is 6.20 Å². The number of hydrogen-bond donors (Lipinski definition) is 0. The Balaban J connectivity index is 1.47. The first-order valence-corrected chi connectivity index (χ1v) is 8.06. The van der Waals surface area contributed by atoms with E-state index in [0.717, 1.165) is 31.7 Å². The average molecular weight is 291 g/mol. The zero-order valence-electron chi connectivity index (χ0n) is 12.9. The second-order valence-corrected chi connectivity index (χ2v) is 6.38. The minimum Gasteiger partial charge on any atom is -0.342 e.